The maximum Gasteiger partial charge on any atom is 0.336 e. The molecule has 0 amide bonds. The molecule has 0 radical (unpaired) electrons. The van der Waals surface area contributed by atoms with E-state index in [2.05, 4.69) is 26.1 Å². The Bertz CT molecular complexity index is 376. The summed E-state index contributed by atoms with van der Waals surface area (Å²) in [5.41, 5.74) is 0.416. The van der Waals surface area contributed by atoms with Gasteiger partial charge in [0, 0.05) is 18.5 Å². The highest BCUT2D eigenvalue weighted by molar-refractivity contribution is 5.75. The van der Waals surface area contributed by atoms with Crippen molar-refractivity contribution < 1.29 is 14.3 Å². The Morgan fingerprint density at radius 3 is 2.68 bits per heavy atom. The van der Waals surface area contributed by atoms with Gasteiger partial charge < -0.3 is 14.8 Å². The molecule has 2 aliphatic carbocycles. The third-order valence-electron chi connectivity index (χ3n) is 6.16. The number of esters is 1. The second-order valence-corrected chi connectivity index (χ2v) is 7.10. The van der Waals surface area contributed by atoms with E-state index in [-0.39, 0.29) is 22.9 Å². The molecule has 108 valence electrons. The van der Waals surface area contributed by atoms with Gasteiger partial charge in [-0.2, -0.15) is 0 Å². The lowest BCUT2D eigenvalue weighted by molar-refractivity contribution is -0.171. The monoisotopic (exact) mass is 267 g/mol. The standard InChI is InChI=1S/C15H25NO3/c1-14(2)10-4-5-15(14,3)12(8-10)19-13(17)11-9-16-6-7-18-11/h10-12,16H,4-9H2,1-3H3. The van der Waals surface area contributed by atoms with Crippen LogP contribution in [0.4, 0.5) is 0 Å². The van der Waals surface area contributed by atoms with Gasteiger partial charge in [-0.15, -0.1) is 0 Å². The molecule has 0 aromatic carbocycles. The van der Waals surface area contributed by atoms with Gasteiger partial charge in [0.25, 0.3) is 0 Å². The summed E-state index contributed by atoms with van der Waals surface area (Å²) in [6, 6.07) is 0. The van der Waals surface area contributed by atoms with Gasteiger partial charge in [0.2, 0.25) is 0 Å². The smallest absolute Gasteiger partial charge is 0.336 e. The molecule has 4 atom stereocenters. The summed E-state index contributed by atoms with van der Waals surface area (Å²) < 4.78 is 11.3. The molecule has 1 N–H and O–H groups in total. The number of rotatable bonds is 2. The first kappa shape index (κ1) is 13.4. The average molecular weight is 267 g/mol. The first-order valence-electron chi connectivity index (χ1n) is 7.48. The highest BCUT2D eigenvalue weighted by atomic mass is 16.6. The van der Waals surface area contributed by atoms with Gasteiger partial charge in [0.15, 0.2) is 6.10 Å². The van der Waals surface area contributed by atoms with Crippen LogP contribution < -0.4 is 5.32 Å². The van der Waals surface area contributed by atoms with Crippen LogP contribution in [0.2, 0.25) is 0 Å². The van der Waals surface area contributed by atoms with Crippen molar-refractivity contribution in [2.75, 3.05) is 19.7 Å². The highest BCUT2D eigenvalue weighted by Gasteiger charge is 2.63. The number of morpholine rings is 1. The van der Waals surface area contributed by atoms with Crippen molar-refractivity contribution in [2.24, 2.45) is 16.7 Å². The van der Waals surface area contributed by atoms with Crippen molar-refractivity contribution in [1.29, 1.82) is 0 Å². The molecule has 0 spiro atoms. The topological polar surface area (TPSA) is 47.6 Å². The second-order valence-electron chi connectivity index (χ2n) is 7.10. The molecule has 4 nitrogen and oxygen atoms in total. The number of hydrogen-bond donors (Lipinski definition) is 1. The first-order valence-corrected chi connectivity index (χ1v) is 7.48. The minimum absolute atomic E-state index is 0.0688. The Hall–Kier alpha value is -0.610. The van der Waals surface area contributed by atoms with Crippen LogP contribution in [0.25, 0.3) is 0 Å². The molecule has 1 saturated heterocycles. The summed E-state index contributed by atoms with van der Waals surface area (Å²) in [7, 11) is 0. The molecule has 3 fully saturated rings. The van der Waals surface area contributed by atoms with E-state index in [1.807, 2.05) is 0 Å². The summed E-state index contributed by atoms with van der Waals surface area (Å²) in [5, 5.41) is 3.17. The summed E-state index contributed by atoms with van der Waals surface area (Å²) in [6.45, 7) is 8.94. The van der Waals surface area contributed by atoms with E-state index in [0.717, 1.165) is 13.0 Å². The Labute approximate surface area is 115 Å². The van der Waals surface area contributed by atoms with Crippen LogP contribution in [0.5, 0.6) is 0 Å². The van der Waals surface area contributed by atoms with E-state index in [1.54, 1.807) is 0 Å². The molecule has 1 aliphatic heterocycles. The van der Waals surface area contributed by atoms with Gasteiger partial charge in [-0.3, -0.25) is 0 Å². The fourth-order valence-electron chi connectivity index (χ4n) is 4.24. The Morgan fingerprint density at radius 1 is 1.37 bits per heavy atom. The molecule has 1 heterocycles. The van der Waals surface area contributed by atoms with Crippen LogP contribution in [-0.4, -0.2) is 37.9 Å². The van der Waals surface area contributed by atoms with Crippen LogP contribution >= 0.6 is 0 Å². The van der Waals surface area contributed by atoms with Crippen LogP contribution in [0.3, 0.4) is 0 Å². The van der Waals surface area contributed by atoms with E-state index >= 15 is 0 Å². The normalized spacial score (nSPS) is 44.3. The number of carbonyl (C=O) groups excluding carboxylic acids is 1. The predicted molar refractivity (Wildman–Crippen MR) is 71.7 cm³/mol. The maximum absolute atomic E-state index is 12.2. The zero-order valence-electron chi connectivity index (χ0n) is 12.2. The average Bonchev–Trinajstić information content (AvgIpc) is 2.73. The lowest BCUT2D eigenvalue weighted by Crippen LogP contribution is -2.46. The quantitative estimate of drug-likeness (QED) is 0.774. The van der Waals surface area contributed by atoms with Crippen molar-refractivity contribution in [3.05, 3.63) is 0 Å². The van der Waals surface area contributed by atoms with Gasteiger partial charge in [0.1, 0.15) is 6.10 Å². The molecule has 0 aromatic heterocycles. The summed E-state index contributed by atoms with van der Waals surface area (Å²) >= 11 is 0. The molecule has 4 unspecified atom stereocenters. The third kappa shape index (κ3) is 1.91. The highest BCUT2D eigenvalue weighted by Crippen LogP contribution is 2.66. The fraction of sp³-hybridized carbons (Fsp3) is 0.933. The van der Waals surface area contributed by atoms with Crippen LogP contribution in [0, 0.1) is 16.7 Å². The van der Waals surface area contributed by atoms with Gasteiger partial charge in [-0.1, -0.05) is 20.8 Å². The van der Waals surface area contributed by atoms with E-state index < -0.39 is 6.10 Å². The lowest BCUT2D eigenvalue weighted by Gasteiger charge is -2.39. The van der Waals surface area contributed by atoms with Crippen LogP contribution in [0.15, 0.2) is 0 Å². The Morgan fingerprint density at radius 2 is 2.16 bits per heavy atom. The number of nitrogens with one attached hydrogen (secondary N) is 1. The van der Waals surface area contributed by atoms with Crippen molar-refractivity contribution in [2.45, 2.75) is 52.2 Å². The molecular formula is C15H25NO3. The molecule has 0 aromatic rings. The van der Waals surface area contributed by atoms with E-state index in [0.29, 0.717) is 19.1 Å². The maximum atomic E-state index is 12.2. The van der Waals surface area contributed by atoms with Crippen molar-refractivity contribution in [1.82, 2.24) is 5.32 Å². The van der Waals surface area contributed by atoms with Gasteiger partial charge in [-0.05, 0) is 30.6 Å². The van der Waals surface area contributed by atoms with Crippen LogP contribution in [-0.2, 0) is 14.3 Å². The third-order valence-corrected chi connectivity index (χ3v) is 6.16. The summed E-state index contributed by atoms with van der Waals surface area (Å²) in [5.74, 6) is 0.516. The number of hydrogen-bond acceptors (Lipinski definition) is 4. The second kappa shape index (κ2) is 4.45. The molecular weight excluding hydrogens is 242 g/mol. The van der Waals surface area contributed by atoms with Gasteiger partial charge in [-0.25, -0.2) is 4.79 Å². The number of fused-ring (bicyclic) bond motifs is 2. The van der Waals surface area contributed by atoms with Crippen molar-refractivity contribution in [3.63, 3.8) is 0 Å². The first-order chi connectivity index (χ1) is 8.95. The summed E-state index contributed by atoms with van der Waals surface area (Å²) in [4.78, 5) is 12.2. The van der Waals surface area contributed by atoms with E-state index in [1.165, 1.54) is 12.8 Å². The molecule has 2 bridgehead atoms. The van der Waals surface area contributed by atoms with Gasteiger partial charge in [0.05, 0.1) is 6.61 Å². The predicted octanol–water partition coefficient (Wildman–Crippen LogP) is 1.73. The SMILES string of the molecule is CC1(C)C2CCC1(C)C(OC(=O)C1CNCCO1)C2. The summed E-state index contributed by atoms with van der Waals surface area (Å²) in [6.07, 6.45) is 3.12. The minimum atomic E-state index is -0.417. The fourth-order valence-corrected chi connectivity index (χ4v) is 4.24. The zero-order chi connectivity index (χ0) is 13.7. The number of carbonyl (C=O) groups is 1. The molecule has 2 saturated carbocycles. The largest absolute Gasteiger partial charge is 0.460 e. The zero-order valence-corrected chi connectivity index (χ0v) is 12.2. The molecule has 19 heavy (non-hydrogen) atoms. The van der Waals surface area contributed by atoms with Gasteiger partial charge >= 0.3 is 5.97 Å². The Balaban J connectivity index is 1.66. The Kier molecular flexibility index (Phi) is 3.13. The van der Waals surface area contributed by atoms with E-state index in [4.69, 9.17) is 9.47 Å². The number of ether oxygens (including phenoxy) is 2. The molecule has 3 aliphatic rings. The minimum Gasteiger partial charge on any atom is -0.460 e. The lowest BCUT2D eigenvalue weighted by atomic mass is 9.70. The molecule has 3 rings (SSSR count). The van der Waals surface area contributed by atoms with E-state index in [9.17, 15) is 4.79 Å². The van der Waals surface area contributed by atoms with Crippen molar-refractivity contribution in [3.8, 4) is 0 Å². The van der Waals surface area contributed by atoms with Crippen LogP contribution in [0.1, 0.15) is 40.0 Å². The molecule has 4 heteroatoms. The van der Waals surface area contributed by atoms with Crippen molar-refractivity contribution >= 4 is 5.97 Å².